The fourth-order valence-corrected chi connectivity index (χ4v) is 2.73. The molecule has 0 saturated heterocycles. The van der Waals surface area contributed by atoms with Gasteiger partial charge in [-0.05, 0) is 36.8 Å². The van der Waals surface area contributed by atoms with Crippen LogP contribution in [0.3, 0.4) is 0 Å². The van der Waals surface area contributed by atoms with Gasteiger partial charge in [0.25, 0.3) is 5.91 Å². The number of hydrogen-bond donors (Lipinski definition) is 1. The molecule has 0 spiro atoms. The minimum atomic E-state index is -0.819. The lowest BCUT2D eigenvalue weighted by molar-refractivity contribution is -0.119. The predicted octanol–water partition coefficient (Wildman–Crippen LogP) is 3.11. The van der Waals surface area contributed by atoms with E-state index in [9.17, 15) is 14.9 Å². The van der Waals surface area contributed by atoms with Crippen LogP contribution in [0.25, 0.3) is 5.88 Å². The molecule has 1 aromatic carbocycles. The smallest absolute Gasteiger partial charge is 0.343 e. The number of rotatable bonds is 6. The van der Waals surface area contributed by atoms with Gasteiger partial charge < -0.3 is 14.5 Å². The molecule has 0 unspecified atom stereocenters. The zero-order chi connectivity index (χ0) is 20.8. The van der Waals surface area contributed by atoms with Crippen molar-refractivity contribution < 1.29 is 18.7 Å². The Labute approximate surface area is 166 Å². The van der Waals surface area contributed by atoms with Gasteiger partial charge in [-0.25, -0.2) is 4.79 Å². The molecule has 0 saturated carbocycles. The van der Waals surface area contributed by atoms with Gasteiger partial charge in [0.1, 0.15) is 23.0 Å². The number of nitriles is 2. The summed E-state index contributed by atoms with van der Waals surface area (Å²) in [6.45, 7) is 1.03. The van der Waals surface area contributed by atoms with Crippen molar-refractivity contribution in [3.63, 3.8) is 0 Å². The molecule has 0 aliphatic heterocycles. The molecule has 2 aromatic heterocycles. The summed E-state index contributed by atoms with van der Waals surface area (Å²) in [5.41, 5.74) is 1.37. The quantitative estimate of drug-likeness (QED) is 0.648. The van der Waals surface area contributed by atoms with Crippen LogP contribution in [0.15, 0.2) is 53.2 Å². The Balaban J connectivity index is 1.66. The third-order valence-corrected chi connectivity index (χ3v) is 4.08. The monoisotopic (exact) mass is 388 g/mol. The number of nitrogens with one attached hydrogen (secondary N) is 1. The highest BCUT2D eigenvalue weighted by Gasteiger charge is 2.26. The highest BCUT2D eigenvalue weighted by Crippen LogP contribution is 2.26. The van der Waals surface area contributed by atoms with E-state index in [1.54, 1.807) is 60.3 Å². The molecule has 3 rings (SSSR count). The van der Waals surface area contributed by atoms with E-state index in [2.05, 4.69) is 5.32 Å². The number of esters is 1. The van der Waals surface area contributed by atoms with E-state index in [0.29, 0.717) is 5.69 Å². The molecule has 0 fully saturated rings. The normalized spacial score (nSPS) is 10.0. The maximum Gasteiger partial charge on any atom is 0.343 e. The summed E-state index contributed by atoms with van der Waals surface area (Å²) in [6, 6.07) is 14.3. The van der Waals surface area contributed by atoms with Gasteiger partial charge in [0, 0.05) is 18.1 Å². The van der Waals surface area contributed by atoms with Crippen LogP contribution in [0, 0.1) is 29.6 Å². The van der Waals surface area contributed by atoms with Crippen molar-refractivity contribution in [3.8, 4) is 18.0 Å². The molecule has 0 aliphatic carbocycles. The number of carbonyl (C=O) groups is 2. The van der Waals surface area contributed by atoms with Crippen LogP contribution >= 0.6 is 0 Å². The van der Waals surface area contributed by atoms with Crippen LogP contribution in [0.1, 0.15) is 27.2 Å². The molecule has 0 radical (unpaired) electrons. The summed E-state index contributed by atoms with van der Waals surface area (Å²) in [5, 5.41) is 20.7. The number of furan rings is 1. The predicted molar refractivity (Wildman–Crippen MR) is 102 cm³/mol. The van der Waals surface area contributed by atoms with Gasteiger partial charge in [0.15, 0.2) is 6.61 Å². The maximum atomic E-state index is 12.4. The Morgan fingerprint density at radius 3 is 2.48 bits per heavy atom. The SMILES string of the molecule is Cc1oc(-n2cccc2)c(C#N)c1C(=O)OCC(=O)Nc1ccc(CC#N)cc1. The molecule has 0 atom stereocenters. The van der Waals surface area contributed by atoms with Gasteiger partial charge in [-0.15, -0.1) is 0 Å². The first-order valence-electron chi connectivity index (χ1n) is 8.63. The summed E-state index contributed by atoms with van der Waals surface area (Å²) in [5.74, 6) is -0.912. The third-order valence-electron chi connectivity index (χ3n) is 4.08. The van der Waals surface area contributed by atoms with E-state index in [-0.39, 0.29) is 29.2 Å². The molecule has 1 N–H and O–H groups in total. The number of carbonyl (C=O) groups excluding carboxylic acids is 2. The average Bonchev–Trinajstić information content (AvgIpc) is 3.35. The number of hydrogen-bond acceptors (Lipinski definition) is 6. The number of aryl methyl sites for hydroxylation is 1. The van der Waals surface area contributed by atoms with Crippen LogP contribution in [0.2, 0.25) is 0 Å². The molecular weight excluding hydrogens is 372 g/mol. The molecule has 2 heterocycles. The van der Waals surface area contributed by atoms with Crippen LogP contribution in [0.4, 0.5) is 5.69 Å². The summed E-state index contributed by atoms with van der Waals surface area (Å²) in [4.78, 5) is 24.5. The molecule has 0 bridgehead atoms. The fraction of sp³-hybridized carbons (Fsp3) is 0.143. The van der Waals surface area contributed by atoms with Crippen molar-refractivity contribution >= 4 is 17.6 Å². The Hall–Kier alpha value is -4.30. The van der Waals surface area contributed by atoms with Crippen LogP contribution in [0.5, 0.6) is 0 Å². The second kappa shape index (κ2) is 8.59. The van der Waals surface area contributed by atoms with E-state index in [1.165, 1.54) is 0 Å². The lowest BCUT2D eigenvalue weighted by Crippen LogP contribution is -2.21. The summed E-state index contributed by atoms with van der Waals surface area (Å²) >= 11 is 0. The van der Waals surface area contributed by atoms with Crippen molar-refractivity contribution in [3.05, 3.63) is 71.2 Å². The molecular formula is C21H16N4O4. The van der Waals surface area contributed by atoms with Gasteiger partial charge in [0.05, 0.1) is 12.5 Å². The molecule has 1 amide bonds. The Kier molecular flexibility index (Phi) is 5.77. The largest absolute Gasteiger partial charge is 0.452 e. The molecule has 29 heavy (non-hydrogen) atoms. The molecule has 8 nitrogen and oxygen atoms in total. The standard InChI is InChI=1S/C21H16N4O4/c1-14-19(17(12-23)20(29-14)25-10-2-3-11-25)21(27)28-13-18(26)24-16-6-4-15(5-7-16)8-9-22/h2-7,10-11H,8,13H2,1H3,(H,24,26). The van der Waals surface area contributed by atoms with Crippen molar-refractivity contribution in [1.82, 2.24) is 4.57 Å². The van der Waals surface area contributed by atoms with Gasteiger partial charge in [-0.3, -0.25) is 9.36 Å². The Morgan fingerprint density at radius 2 is 1.86 bits per heavy atom. The van der Waals surface area contributed by atoms with E-state index < -0.39 is 18.5 Å². The minimum Gasteiger partial charge on any atom is -0.452 e. The van der Waals surface area contributed by atoms with Crippen molar-refractivity contribution in [2.24, 2.45) is 0 Å². The lowest BCUT2D eigenvalue weighted by Gasteiger charge is -2.07. The van der Waals surface area contributed by atoms with Crippen molar-refractivity contribution in [2.75, 3.05) is 11.9 Å². The number of anilines is 1. The number of aromatic nitrogens is 1. The lowest BCUT2D eigenvalue weighted by atomic mass is 10.1. The zero-order valence-corrected chi connectivity index (χ0v) is 15.5. The van der Waals surface area contributed by atoms with Crippen molar-refractivity contribution in [2.45, 2.75) is 13.3 Å². The summed E-state index contributed by atoms with van der Waals surface area (Å²) < 4.78 is 12.2. The Bertz CT molecular complexity index is 1110. The second-order valence-electron chi connectivity index (χ2n) is 6.07. The van der Waals surface area contributed by atoms with E-state index in [4.69, 9.17) is 14.4 Å². The summed E-state index contributed by atoms with van der Waals surface area (Å²) in [6.07, 6.45) is 3.65. The van der Waals surface area contributed by atoms with Gasteiger partial charge in [0.2, 0.25) is 5.88 Å². The average molecular weight is 388 g/mol. The fourth-order valence-electron chi connectivity index (χ4n) is 2.73. The second-order valence-corrected chi connectivity index (χ2v) is 6.07. The third kappa shape index (κ3) is 4.34. The summed E-state index contributed by atoms with van der Waals surface area (Å²) in [7, 11) is 0. The molecule has 0 aliphatic rings. The Morgan fingerprint density at radius 1 is 1.17 bits per heavy atom. The zero-order valence-electron chi connectivity index (χ0n) is 15.5. The minimum absolute atomic E-state index is 0.00939. The first-order chi connectivity index (χ1) is 14.0. The van der Waals surface area contributed by atoms with Crippen molar-refractivity contribution in [1.29, 1.82) is 10.5 Å². The number of amides is 1. The van der Waals surface area contributed by atoms with E-state index in [0.717, 1.165) is 5.56 Å². The van der Waals surface area contributed by atoms with Crippen LogP contribution < -0.4 is 5.32 Å². The topological polar surface area (TPSA) is 121 Å². The van der Waals surface area contributed by atoms with Gasteiger partial charge in [-0.1, -0.05) is 12.1 Å². The van der Waals surface area contributed by atoms with E-state index >= 15 is 0 Å². The highest BCUT2D eigenvalue weighted by atomic mass is 16.5. The maximum absolute atomic E-state index is 12.4. The van der Waals surface area contributed by atoms with Crippen LogP contribution in [-0.2, 0) is 16.0 Å². The van der Waals surface area contributed by atoms with Gasteiger partial charge in [-0.2, -0.15) is 10.5 Å². The molecule has 8 heteroatoms. The van der Waals surface area contributed by atoms with Gasteiger partial charge >= 0.3 is 5.97 Å². The van der Waals surface area contributed by atoms with E-state index in [1.807, 2.05) is 12.1 Å². The highest BCUT2D eigenvalue weighted by molar-refractivity contribution is 5.97. The number of ether oxygens (including phenoxy) is 1. The number of benzene rings is 1. The molecule has 144 valence electrons. The molecule has 3 aromatic rings. The van der Waals surface area contributed by atoms with Crippen LogP contribution in [-0.4, -0.2) is 23.1 Å². The first kappa shape index (κ1) is 19.5. The number of nitrogens with zero attached hydrogens (tertiary/aromatic N) is 3. The first-order valence-corrected chi connectivity index (χ1v) is 8.63.